The van der Waals surface area contributed by atoms with E-state index in [-0.39, 0.29) is 17.4 Å². The average molecular weight is 457 g/mol. The number of nitrogens with one attached hydrogen (secondary N) is 2. The maximum atomic E-state index is 12.7. The third kappa shape index (κ3) is 5.34. The fraction of sp³-hybridized carbons (Fsp3) is 0.409. The van der Waals surface area contributed by atoms with Crippen molar-refractivity contribution in [3.8, 4) is 0 Å². The van der Waals surface area contributed by atoms with Gasteiger partial charge in [-0.25, -0.2) is 9.97 Å². The first-order chi connectivity index (χ1) is 15.1. The fourth-order valence-corrected chi connectivity index (χ4v) is 3.71. The first-order valence-electron chi connectivity index (χ1n) is 10.3. The van der Waals surface area contributed by atoms with Crippen molar-refractivity contribution in [2.24, 2.45) is 16.1 Å². The second kappa shape index (κ2) is 9.52. The van der Waals surface area contributed by atoms with Gasteiger partial charge in [0.2, 0.25) is 11.9 Å². The average Bonchev–Trinajstić information content (AvgIpc) is 2.72. The number of aromatic nitrogens is 3. The van der Waals surface area contributed by atoms with Gasteiger partial charge in [0.15, 0.2) is 5.82 Å². The highest BCUT2D eigenvalue weighted by Gasteiger charge is 2.40. The first kappa shape index (κ1) is 23.5. The molecule has 32 heavy (non-hydrogen) atoms. The summed E-state index contributed by atoms with van der Waals surface area (Å²) in [6.07, 6.45) is 4.88. The quantitative estimate of drug-likeness (QED) is 0.450. The van der Waals surface area contributed by atoms with Gasteiger partial charge in [-0.3, -0.25) is 9.79 Å². The second-order valence-electron chi connectivity index (χ2n) is 8.75. The van der Waals surface area contributed by atoms with E-state index in [0.717, 1.165) is 11.1 Å². The molecule has 1 amide bonds. The summed E-state index contributed by atoms with van der Waals surface area (Å²) in [4.78, 5) is 32.2. The number of amides is 1. The van der Waals surface area contributed by atoms with Crippen molar-refractivity contribution in [3.05, 3.63) is 46.5 Å². The van der Waals surface area contributed by atoms with E-state index in [9.17, 15) is 4.79 Å². The van der Waals surface area contributed by atoms with Crippen LogP contribution < -0.4 is 21.3 Å². The number of rotatable bonds is 6. The van der Waals surface area contributed by atoms with Crippen LogP contribution in [0.4, 0.5) is 17.5 Å². The summed E-state index contributed by atoms with van der Waals surface area (Å²) < 4.78 is 0. The molecule has 0 unspecified atom stereocenters. The number of aryl methyl sites for hydroxylation is 1. The highest BCUT2D eigenvalue weighted by molar-refractivity contribution is 6.29. The maximum absolute atomic E-state index is 12.7. The third-order valence-electron chi connectivity index (χ3n) is 5.09. The van der Waals surface area contributed by atoms with E-state index in [4.69, 9.17) is 17.3 Å². The number of carbonyl (C=O) groups excluding carboxylic acids is 1. The van der Waals surface area contributed by atoms with Crippen LogP contribution in [0.5, 0.6) is 0 Å². The van der Waals surface area contributed by atoms with E-state index in [1.54, 1.807) is 18.5 Å². The smallest absolute Gasteiger partial charge is 0.247 e. The van der Waals surface area contributed by atoms with Crippen LogP contribution in [0.3, 0.4) is 0 Å². The predicted octanol–water partition coefficient (Wildman–Crippen LogP) is 3.16. The number of anilines is 3. The molecule has 0 bridgehead atoms. The second-order valence-corrected chi connectivity index (χ2v) is 9.14. The Morgan fingerprint density at radius 1 is 1.38 bits per heavy atom. The van der Waals surface area contributed by atoms with Gasteiger partial charge in [-0.15, -0.1) is 0 Å². The van der Waals surface area contributed by atoms with Gasteiger partial charge in [-0.1, -0.05) is 38.4 Å². The molecule has 4 N–H and O–H groups in total. The number of hydrogen-bond donors (Lipinski definition) is 3. The molecule has 0 fully saturated rings. The van der Waals surface area contributed by atoms with E-state index in [2.05, 4.69) is 30.6 Å². The Morgan fingerprint density at radius 3 is 2.75 bits per heavy atom. The van der Waals surface area contributed by atoms with Crippen LogP contribution in [0, 0.1) is 12.3 Å². The van der Waals surface area contributed by atoms with Crippen LogP contribution in [0.25, 0.3) is 0 Å². The first-order valence-corrected chi connectivity index (χ1v) is 10.6. The van der Waals surface area contributed by atoms with E-state index < -0.39 is 0 Å². The highest BCUT2D eigenvalue weighted by atomic mass is 35.5. The van der Waals surface area contributed by atoms with Crippen molar-refractivity contribution < 1.29 is 4.79 Å². The fourth-order valence-electron chi connectivity index (χ4n) is 3.60. The molecule has 0 radical (unpaired) electrons. The molecule has 1 atom stereocenters. The van der Waals surface area contributed by atoms with Crippen molar-refractivity contribution in [2.75, 3.05) is 29.1 Å². The number of halogens is 1. The summed E-state index contributed by atoms with van der Waals surface area (Å²) >= 11 is 5.80. The molecular weight excluding hydrogens is 428 g/mol. The van der Waals surface area contributed by atoms with Gasteiger partial charge in [0.25, 0.3) is 0 Å². The molecule has 2 aromatic heterocycles. The minimum atomic E-state index is -0.342. The third-order valence-corrected chi connectivity index (χ3v) is 5.32. The molecule has 3 heterocycles. The number of carbonyl (C=O) groups is 1. The van der Waals surface area contributed by atoms with E-state index in [0.29, 0.717) is 41.4 Å². The molecule has 9 nitrogen and oxygen atoms in total. The van der Waals surface area contributed by atoms with Crippen LogP contribution in [-0.2, 0) is 11.3 Å². The molecule has 1 aliphatic rings. The zero-order chi connectivity index (χ0) is 23.5. The van der Waals surface area contributed by atoms with Gasteiger partial charge in [-0.05, 0) is 24.0 Å². The summed E-state index contributed by atoms with van der Waals surface area (Å²) in [6, 6.07) is 3.26. The van der Waals surface area contributed by atoms with E-state index in [1.807, 2.05) is 45.7 Å². The Morgan fingerprint density at radius 2 is 2.12 bits per heavy atom. The van der Waals surface area contributed by atoms with Gasteiger partial charge < -0.3 is 21.3 Å². The minimum Gasteiger partial charge on any atom is -0.404 e. The maximum Gasteiger partial charge on any atom is 0.247 e. The van der Waals surface area contributed by atoms with Gasteiger partial charge in [-0.2, -0.15) is 4.98 Å². The zero-order valence-corrected chi connectivity index (χ0v) is 19.7. The normalized spacial score (nSPS) is 16.8. The van der Waals surface area contributed by atoms with Crippen molar-refractivity contribution in [3.63, 3.8) is 0 Å². The number of fused-ring (bicyclic) bond motifs is 1. The summed E-state index contributed by atoms with van der Waals surface area (Å²) in [5, 5.41) is 6.61. The molecule has 3 rings (SSSR count). The standard InChI is InChI=1S/C22H29ClN8O/c1-13-17-19(31(5)18(20(32)29-17)22(2,3)4)30-21(28-13)27-12-15(8-24)10-25-9-14-6-7-16(23)26-11-14/h6-8,10-11,18H,9,12,24H2,1-5H3,(H,29,32)(H,27,28,30)/t18-/m1/s1. The van der Waals surface area contributed by atoms with Crippen LogP contribution >= 0.6 is 11.6 Å². The van der Waals surface area contributed by atoms with E-state index in [1.165, 1.54) is 6.20 Å². The molecule has 0 aromatic carbocycles. The summed E-state index contributed by atoms with van der Waals surface area (Å²) in [7, 11) is 1.88. The van der Waals surface area contributed by atoms with Crippen LogP contribution in [0.15, 0.2) is 35.1 Å². The van der Waals surface area contributed by atoms with Crippen LogP contribution in [0.1, 0.15) is 32.0 Å². The highest BCUT2D eigenvalue weighted by Crippen LogP contribution is 2.37. The lowest BCUT2D eigenvalue weighted by Gasteiger charge is -2.41. The molecular formula is C22H29ClN8O. The molecule has 0 spiro atoms. The van der Waals surface area contributed by atoms with E-state index >= 15 is 0 Å². The lowest BCUT2D eigenvalue weighted by molar-refractivity contribution is -0.119. The summed E-state index contributed by atoms with van der Waals surface area (Å²) in [5.41, 5.74) is 8.55. The number of pyridine rings is 1. The monoisotopic (exact) mass is 456 g/mol. The van der Waals surface area contributed by atoms with Crippen molar-refractivity contribution in [2.45, 2.75) is 40.3 Å². The number of hydrogen-bond acceptors (Lipinski definition) is 8. The number of nitrogens with zero attached hydrogens (tertiary/aromatic N) is 5. The van der Waals surface area contributed by atoms with Gasteiger partial charge in [0, 0.05) is 37.8 Å². The van der Waals surface area contributed by atoms with Gasteiger partial charge in [0.1, 0.15) is 16.9 Å². The molecule has 0 saturated heterocycles. The Bertz CT molecular complexity index is 1040. The Kier molecular flexibility index (Phi) is 6.98. The van der Waals surface area contributed by atoms with Gasteiger partial charge in [0.05, 0.1) is 12.2 Å². The van der Waals surface area contributed by atoms with Crippen LogP contribution in [-0.4, -0.2) is 46.7 Å². The summed E-state index contributed by atoms with van der Waals surface area (Å²) in [6.45, 7) is 8.81. The largest absolute Gasteiger partial charge is 0.404 e. The van der Waals surface area contributed by atoms with Crippen molar-refractivity contribution in [1.82, 2.24) is 15.0 Å². The van der Waals surface area contributed by atoms with Gasteiger partial charge >= 0.3 is 0 Å². The molecule has 170 valence electrons. The Balaban J connectivity index is 1.71. The minimum absolute atomic E-state index is 0.0552. The predicted molar refractivity (Wildman–Crippen MR) is 129 cm³/mol. The molecule has 0 aliphatic carbocycles. The Hall–Kier alpha value is -3.20. The number of nitrogens with two attached hydrogens (primary N) is 1. The number of likely N-dealkylation sites (N-methyl/N-ethyl adjacent to an activating group) is 1. The Labute approximate surface area is 193 Å². The zero-order valence-electron chi connectivity index (χ0n) is 19.0. The number of aliphatic imine (C=N–C) groups is 1. The molecule has 2 aromatic rings. The van der Waals surface area contributed by atoms with Crippen molar-refractivity contribution >= 4 is 41.2 Å². The lowest BCUT2D eigenvalue weighted by atomic mass is 9.84. The molecule has 10 heteroatoms. The topological polar surface area (TPSA) is 121 Å². The SMILES string of the molecule is Cc1nc(NCC(C=NCc2ccc(Cl)nc2)=CN)nc2c1NC(=O)[C@H](C(C)(C)C)N2C. The van der Waals surface area contributed by atoms with Crippen molar-refractivity contribution in [1.29, 1.82) is 0 Å². The molecule has 0 saturated carbocycles. The summed E-state index contributed by atoms with van der Waals surface area (Å²) in [5.74, 6) is 1.08. The molecule has 1 aliphatic heterocycles. The van der Waals surface area contributed by atoms with Crippen LogP contribution in [0.2, 0.25) is 5.15 Å². The lowest BCUT2D eigenvalue weighted by Crippen LogP contribution is -2.53.